The molecule has 1 aromatic carbocycles. The molecular formula is C20H23N3O2. The number of nitrogens with zero attached hydrogens (tertiary/aromatic N) is 2. The van der Waals surface area contributed by atoms with E-state index in [1.54, 1.807) is 6.20 Å². The Labute approximate surface area is 148 Å². The lowest BCUT2D eigenvalue weighted by Gasteiger charge is -2.50. The molecule has 2 aliphatic heterocycles. The molecule has 2 aromatic rings. The van der Waals surface area contributed by atoms with Crippen LogP contribution in [0.15, 0.2) is 54.7 Å². The minimum Gasteiger partial charge on any atom is -0.371 e. The average molecular weight is 337 g/mol. The molecule has 5 nitrogen and oxygen atoms in total. The fourth-order valence-electron chi connectivity index (χ4n) is 3.89. The minimum atomic E-state index is -0.143. The molecule has 1 atom stereocenters. The Kier molecular flexibility index (Phi) is 4.40. The van der Waals surface area contributed by atoms with Crippen molar-refractivity contribution in [2.75, 3.05) is 31.6 Å². The van der Waals surface area contributed by atoms with Crippen molar-refractivity contribution in [1.29, 1.82) is 0 Å². The van der Waals surface area contributed by atoms with Gasteiger partial charge in [0.15, 0.2) is 0 Å². The van der Waals surface area contributed by atoms with Crippen molar-refractivity contribution < 1.29 is 9.53 Å². The van der Waals surface area contributed by atoms with Gasteiger partial charge in [0.2, 0.25) is 0 Å². The molecule has 1 unspecified atom stereocenters. The molecule has 0 radical (unpaired) electrons. The van der Waals surface area contributed by atoms with Crippen molar-refractivity contribution in [2.45, 2.75) is 18.4 Å². The second-order valence-electron chi connectivity index (χ2n) is 6.86. The summed E-state index contributed by atoms with van der Waals surface area (Å²) in [6.07, 6.45) is 3.89. The van der Waals surface area contributed by atoms with Crippen molar-refractivity contribution in [3.63, 3.8) is 0 Å². The predicted molar refractivity (Wildman–Crippen MR) is 96.5 cm³/mol. The van der Waals surface area contributed by atoms with Crippen molar-refractivity contribution in [3.05, 3.63) is 60.3 Å². The summed E-state index contributed by atoms with van der Waals surface area (Å²) in [6, 6.07) is 15.4. The number of anilines is 1. The highest BCUT2D eigenvalue weighted by Gasteiger charge is 2.54. The Bertz CT molecular complexity index is 714. The molecule has 1 aromatic heterocycles. The Hall–Kier alpha value is -2.40. The first-order valence-electron chi connectivity index (χ1n) is 8.90. The van der Waals surface area contributed by atoms with E-state index in [9.17, 15) is 4.79 Å². The third kappa shape index (κ3) is 3.24. The Morgan fingerprint density at radius 3 is 2.76 bits per heavy atom. The zero-order valence-electron chi connectivity index (χ0n) is 14.2. The molecule has 4 rings (SSSR count). The van der Waals surface area contributed by atoms with Crippen LogP contribution in [-0.4, -0.2) is 47.6 Å². The molecule has 130 valence electrons. The third-order valence-electron chi connectivity index (χ3n) is 5.29. The number of carbonyl (C=O) groups is 1. The summed E-state index contributed by atoms with van der Waals surface area (Å²) in [5.74, 6) is 1.50. The molecule has 0 bridgehead atoms. The van der Waals surface area contributed by atoms with E-state index in [1.807, 2.05) is 53.4 Å². The molecule has 5 heteroatoms. The second kappa shape index (κ2) is 6.84. The molecule has 2 saturated heterocycles. The first kappa shape index (κ1) is 16.1. The van der Waals surface area contributed by atoms with E-state index in [0.29, 0.717) is 19.0 Å². The molecule has 1 amide bonds. The van der Waals surface area contributed by atoms with Crippen LogP contribution < -0.4 is 5.32 Å². The fourth-order valence-corrected chi connectivity index (χ4v) is 3.89. The zero-order chi connectivity index (χ0) is 17.1. The maximum absolute atomic E-state index is 12.5. The highest BCUT2D eigenvalue weighted by molar-refractivity contribution is 5.94. The van der Waals surface area contributed by atoms with Gasteiger partial charge in [-0.15, -0.1) is 0 Å². The average Bonchev–Trinajstić information content (AvgIpc) is 3.05. The van der Waals surface area contributed by atoms with Crippen LogP contribution in [0.2, 0.25) is 0 Å². The summed E-state index contributed by atoms with van der Waals surface area (Å²) in [7, 11) is 0. The van der Waals surface area contributed by atoms with Crippen LogP contribution in [0, 0.1) is 5.92 Å². The van der Waals surface area contributed by atoms with Crippen molar-refractivity contribution in [2.24, 2.45) is 5.92 Å². The van der Waals surface area contributed by atoms with Crippen LogP contribution in [0.5, 0.6) is 0 Å². The molecule has 1 N–H and O–H groups in total. The monoisotopic (exact) mass is 337 g/mol. The second-order valence-corrected chi connectivity index (χ2v) is 6.86. The highest BCUT2D eigenvalue weighted by atomic mass is 16.5. The number of likely N-dealkylation sites (tertiary alicyclic amines) is 1. The summed E-state index contributed by atoms with van der Waals surface area (Å²) >= 11 is 0. The van der Waals surface area contributed by atoms with E-state index in [4.69, 9.17) is 4.74 Å². The first-order chi connectivity index (χ1) is 12.3. The number of nitrogens with one attached hydrogen (secondary N) is 1. The van der Waals surface area contributed by atoms with Crippen molar-refractivity contribution >= 4 is 11.7 Å². The van der Waals surface area contributed by atoms with E-state index in [1.165, 1.54) is 0 Å². The van der Waals surface area contributed by atoms with Gasteiger partial charge >= 0.3 is 0 Å². The molecule has 2 fully saturated rings. The Morgan fingerprint density at radius 2 is 2.00 bits per heavy atom. The number of pyridine rings is 1. The number of hydrogen-bond acceptors (Lipinski definition) is 4. The third-order valence-corrected chi connectivity index (χ3v) is 5.29. The Morgan fingerprint density at radius 1 is 1.20 bits per heavy atom. The lowest BCUT2D eigenvalue weighted by atomic mass is 9.78. The number of hydrogen-bond donors (Lipinski definition) is 1. The minimum absolute atomic E-state index is 0.104. The number of ether oxygens (including phenoxy) is 1. The summed E-state index contributed by atoms with van der Waals surface area (Å²) in [5.41, 5.74) is 0.611. The van der Waals surface area contributed by atoms with Crippen LogP contribution >= 0.6 is 0 Å². The molecule has 1 spiro atoms. The number of aromatic nitrogens is 1. The van der Waals surface area contributed by atoms with Gasteiger partial charge in [0.25, 0.3) is 5.91 Å². The lowest BCUT2D eigenvalue weighted by Crippen LogP contribution is -2.66. The van der Waals surface area contributed by atoms with Gasteiger partial charge in [-0.1, -0.05) is 24.3 Å². The van der Waals surface area contributed by atoms with Gasteiger partial charge in [-0.3, -0.25) is 4.79 Å². The van der Waals surface area contributed by atoms with Crippen LogP contribution in [0.1, 0.15) is 23.2 Å². The van der Waals surface area contributed by atoms with E-state index >= 15 is 0 Å². The van der Waals surface area contributed by atoms with Gasteiger partial charge in [-0.25, -0.2) is 4.98 Å². The first-order valence-corrected chi connectivity index (χ1v) is 8.90. The number of benzene rings is 1. The summed E-state index contributed by atoms with van der Waals surface area (Å²) < 4.78 is 6.07. The van der Waals surface area contributed by atoms with Crippen LogP contribution in [-0.2, 0) is 4.74 Å². The van der Waals surface area contributed by atoms with Crippen molar-refractivity contribution in [1.82, 2.24) is 9.88 Å². The van der Waals surface area contributed by atoms with E-state index in [-0.39, 0.29) is 11.5 Å². The van der Waals surface area contributed by atoms with Crippen molar-refractivity contribution in [3.8, 4) is 0 Å². The zero-order valence-corrected chi connectivity index (χ0v) is 14.2. The van der Waals surface area contributed by atoms with Gasteiger partial charge in [0, 0.05) is 24.9 Å². The topological polar surface area (TPSA) is 54.5 Å². The number of rotatable bonds is 5. The van der Waals surface area contributed by atoms with Crippen LogP contribution in [0.4, 0.5) is 5.82 Å². The molecule has 2 aliphatic rings. The SMILES string of the molecule is O=C(c1ccccc1)N1CC2(C1)OCCC2CCNc1ccccn1. The van der Waals surface area contributed by atoms with E-state index in [2.05, 4.69) is 10.3 Å². The van der Waals surface area contributed by atoms with Crippen LogP contribution in [0.25, 0.3) is 0 Å². The standard InChI is InChI=1S/C20H23N3O2/c24-19(16-6-2-1-3-7-16)23-14-20(15-23)17(10-13-25-20)9-12-22-18-8-4-5-11-21-18/h1-8,11,17H,9-10,12-15H2,(H,21,22). The molecule has 0 saturated carbocycles. The van der Waals surface area contributed by atoms with Gasteiger partial charge in [-0.05, 0) is 43.0 Å². The summed E-state index contributed by atoms with van der Waals surface area (Å²) in [5, 5.41) is 3.37. The molecular weight excluding hydrogens is 314 g/mol. The van der Waals surface area contributed by atoms with Gasteiger partial charge in [0.1, 0.15) is 11.4 Å². The van der Waals surface area contributed by atoms with E-state index < -0.39 is 0 Å². The van der Waals surface area contributed by atoms with Gasteiger partial charge in [0.05, 0.1) is 13.1 Å². The van der Waals surface area contributed by atoms with Gasteiger partial charge < -0.3 is 15.0 Å². The molecule has 0 aliphatic carbocycles. The largest absolute Gasteiger partial charge is 0.371 e. The molecule has 25 heavy (non-hydrogen) atoms. The van der Waals surface area contributed by atoms with Gasteiger partial charge in [-0.2, -0.15) is 0 Å². The molecule has 3 heterocycles. The van der Waals surface area contributed by atoms with E-state index in [0.717, 1.165) is 37.4 Å². The lowest BCUT2D eigenvalue weighted by molar-refractivity contribution is -0.117. The number of carbonyl (C=O) groups excluding carboxylic acids is 1. The smallest absolute Gasteiger partial charge is 0.254 e. The summed E-state index contributed by atoms with van der Waals surface area (Å²) in [6.45, 7) is 3.07. The number of amides is 1. The predicted octanol–water partition coefficient (Wildman–Crippen LogP) is 2.81. The van der Waals surface area contributed by atoms with Crippen LogP contribution in [0.3, 0.4) is 0 Å². The maximum Gasteiger partial charge on any atom is 0.254 e. The maximum atomic E-state index is 12.5. The summed E-state index contributed by atoms with van der Waals surface area (Å²) in [4.78, 5) is 18.7. The highest BCUT2D eigenvalue weighted by Crippen LogP contribution is 2.42. The fraction of sp³-hybridized carbons (Fsp3) is 0.400. The Balaban J connectivity index is 1.31. The quantitative estimate of drug-likeness (QED) is 0.911. The normalized spacial score (nSPS) is 21.1.